The number of hydrogen-bond acceptors (Lipinski definition) is 3. The Morgan fingerprint density at radius 1 is 1.24 bits per heavy atom. The zero-order chi connectivity index (χ0) is 21.2. The van der Waals surface area contributed by atoms with Gasteiger partial charge in [0.2, 0.25) is 0 Å². The minimum atomic E-state index is -0.553. The largest absolute Gasteiger partial charge is 0.393 e. The fourth-order valence-electron chi connectivity index (χ4n) is 6.38. The summed E-state index contributed by atoms with van der Waals surface area (Å²) in [5.41, 5.74) is 2.32. The van der Waals surface area contributed by atoms with Gasteiger partial charge in [0.05, 0.1) is 17.8 Å². The fraction of sp³-hybridized carbons (Fsp3) is 0.769. The van der Waals surface area contributed by atoms with E-state index >= 15 is 0 Å². The molecule has 3 aliphatic carbocycles. The van der Waals surface area contributed by atoms with Gasteiger partial charge in [-0.25, -0.2) is 0 Å². The zero-order valence-electron chi connectivity index (χ0n) is 18.9. The lowest BCUT2D eigenvalue weighted by Crippen LogP contribution is -2.35. The molecule has 3 nitrogen and oxygen atoms in total. The second-order valence-corrected chi connectivity index (χ2v) is 10.9. The van der Waals surface area contributed by atoms with E-state index in [0.29, 0.717) is 30.1 Å². The molecule has 0 saturated heterocycles. The van der Waals surface area contributed by atoms with Crippen molar-refractivity contribution in [2.75, 3.05) is 0 Å². The highest BCUT2D eigenvalue weighted by Crippen LogP contribution is 2.58. The Bertz CT molecular complexity index is 653. The van der Waals surface area contributed by atoms with Crippen molar-refractivity contribution in [3.63, 3.8) is 0 Å². The molecule has 0 spiro atoms. The molecule has 0 radical (unpaired) electrons. The van der Waals surface area contributed by atoms with Gasteiger partial charge in [-0.15, -0.1) is 0 Å². The lowest BCUT2D eigenvalue weighted by atomic mass is 9.62. The maximum absolute atomic E-state index is 10.0. The van der Waals surface area contributed by atoms with E-state index in [1.54, 1.807) is 0 Å². The van der Waals surface area contributed by atoms with Crippen LogP contribution in [0.3, 0.4) is 0 Å². The van der Waals surface area contributed by atoms with Crippen LogP contribution in [-0.2, 0) is 0 Å². The van der Waals surface area contributed by atoms with Crippen LogP contribution in [0.25, 0.3) is 0 Å². The molecule has 6 atom stereocenters. The predicted molar refractivity (Wildman–Crippen MR) is 119 cm³/mol. The summed E-state index contributed by atoms with van der Waals surface area (Å²) in [6.45, 7) is 8.76. The first-order valence-electron chi connectivity index (χ1n) is 11.8. The average Bonchev–Trinajstić information content (AvgIpc) is 2.95. The van der Waals surface area contributed by atoms with E-state index in [-0.39, 0.29) is 0 Å². The standard InChI is InChI=1S/C26H42O3/c1-18(7-5-13-25(2,3)29)23-11-12-24-20(8-6-14-26(23,24)4)10-9-19-15-21(27)17-22(28)16-19/h8-10,15,18,21-24,27-29H,5-7,11-14,16-17H2,1-4H3/b10-9-/t18-,21-,22-,23-,24-,26-/m1/s1. The Balaban J connectivity index is 1.65. The van der Waals surface area contributed by atoms with Crippen molar-refractivity contribution in [2.24, 2.45) is 23.2 Å². The third kappa shape index (κ3) is 5.62. The maximum Gasteiger partial charge on any atom is 0.0751 e. The highest BCUT2D eigenvalue weighted by Gasteiger charge is 2.49. The van der Waals surface area contributed by atoms with Crippen LogP contribution in [0.2, 0.25) is 0 Å². The van der Waals surface area contributed by atoms with Gasteiger partial charge in [-0.2, -0.15) is 0 Å². The molecule has 1 saturated carbocycles. The van der Waals surface area contributed by atoms with E-state index in [2.05, 4.69) is 32.1 Å². The Kier molecular flexibility index (Phi) is 7.13. The first kappa shape index (κ1) is 22.8. The number of allylic oxidation sites excluding steroid dienone is 4. The van der Waals surface area contributed by atoms with Crippen molar-refractivity contribution in [3.8, 4) is 0 Å². The number of hydrogen-bond donors (Lipinski definition) is 3. The van der Waals surface area contributed by atoms with Gasteiger partial charge in [-0.1, -0.05) is 51.0 Å². The van der Waals surface area contributed by atoms with Gasteiger partial charge in [-0.05, 0) is 86.7 Å². The molecular formula is C26H42O3. The number of aliphatic hydroxyl groups excluding tert-OH is 2. The molecule has 0 heterocycles. The molecule has 3 rings (SSSR count). The van der Waals surface area contributed by atoms with Gasteiger partial charge >= 0.3 is 0 Å². The van der Waals surface area contributed by atoms with Crippen LogP contribution < -0.4 is 0 Å². The molecule has 3 heteroatoms. The summed E-state index contributed by atoms with van der Waals surface area (Å²) in [5, 5.41) is 29.8. The first-order valence-corrected chi connectivity index (χ1v) is 11.8. The lowest BCUT2D eigenvalue weighted by molar-refractivity contribution is 0.0613. The van der Waals surface area contributed by atoms with Gasteiger partial charge in [0.25, 0.3) is 0 Å². The highest BCUT2D eigenvalue weighted by molar-refractivity contribution is 5.34. The van der Waals surface area contributed by atoms with E-state index in [1.807, 2.05) is 19.9 Å². The summed E-state index contributed by atoms with van der Waals surface area (Å²) in [5.74, 6) is 2.07. The maximum atomic E-state index is 10.0. The van der Waals surface area contributed by atoms with E-state index in [0.717, 1.165) is 30.8 Å². The molecule has 0 aliphatic heterocycles. The highest BCUT2D eigenvalue weighted by atomic mass is 16.3. The van der Waals surface area contributed by atoms with Crippen molar-refractivity contribution >= 4 is 0 Å². The van der Waals surface area contributed by atoms with E-state index < -0.39 is 17.8 Å². The Morgan fingerprint density at radius 2 is 2.00 bits per heavy atom. The van der Waals surface area contributed by atoms with Crippen molar-refractivity contribution in [2.45, 2.75) is 103 Å². The second kappa shape index (κ2) is 9.08. The Morgan fingerprint density at radius 3 is 2.69 bits per heavy atom. The number of rotatable bonds is 7. The van der Waals surface area contributed by atoms with Crippen LogP contribution >= 0.6 is 0 Å². The summed E-state index contributed by atoms with van der Waals surface area (Å²) in [6.07, 6.45) is 17.0. The smallest absolute Gasteiger partial charge is 0.0751 e. The SMILES string of the molecule is C[C@H](CCCC(C)(C)O)[C@H]1CC[C@@H]2C(/C=C\C3=C[C@@H](O)C[C@H](O)C3)=CCC[C@@]21C. The molecule has 164 valence electrons. The van der Waals surface area contributed by atoms with Crippen LogP contribution in [0, 0.1) is 23.2 Å². The molecule has 0 unspecified atom stereocenters. The zero-order valence-corrected chi connectivity index (χ0v) is 18.9. The topological polar surface area (TPSA) is 60.7 Å². The molecule has 0 amide bonds. The number of fused-ring (bicyclic) bond motifs is 1. The minimum absolute atomic E-state index is 0.364. The normalized spacial score (nSPS) is 36.7. The minimum Gasteiger partial charge on any atom is -0.393 e. The van der Waals surface area contributed by atoms with Gasteiger partial charge in [-0.3, -0.25) is 0 Å². The van der Waals surface area contributed by atoms with Crippen molar-refractivity contribution in [3.05, 3.63) is 35.5 Å². The van der Waals surface area contributed by atoms with Crippen LogP contribution in [0.5, 0.6) is 0 Å². The van der Waals surface area contributed by atoms with Crippen molar-refractivity contribution in [1.82, 2.24) is 0 Å². The fourth-order valence-corrected chi connectivity index (χ4v) is 6.38. The monoisotopic (exact) mass is 402 g/mol. The molecular weight excluding hydrogens is 360 g/mol. The lowest BCUT2D eigenvalue weighted by Gasteiger charge is -2.43. The summed E-state index contributed by atoms with van der Waals surface area (Å²) >= 11 is 0. The van der Waals surface area contributed by atoms with Crippen LogP contribution in [-0.4, -0.2) is 33.1 Å². The Labute approximate surface area is 177 Å². The molecule has 3 N–H and O–H groups in total. The molecule has 3 aliphatic rings. The number of aliphatic hydroxyl groups is 3. The van der Waals surface area contributed by atoms with E-state index in [4.69, 9.17) is 0 Å². The quantitative estimate of drug-likeness (QED) is 0.540. The molecule has 29 heavy (non-hydrogen) atoms. The summed E-state index contributed by atoms with van der Waals surface area (Å²) in [7, 11) is 0. The summed E-state index contributed by atoms with van der Waals surface area (Å²) in [4.78, 5) is 0. The Hall–Kier alpha value is -0.900. The van der Waals surface area contributed by atoms with Gasteiger partial charge in [0, 0.05) is 6.42 Å². The van der Waals surface area contributed by atoms with E-state index in [9.17, 15) is 15.3 Å². The molecule has 0 bridgehead atoms. The average molecular weight is 403 g/mol. The molecule has 0 aromatic rings. The summed E-state index contributed by atoms with van der Waals surface area (Å²) in [6, 6.07) is 0. The summed E-state index contributed by atoms with van der Waals surface area (Å²) < 4.78 is 0. The third-order valence-corrected chi connectivity index (χ3v) is 7.89. The predicted octanol–water partition coefficient (Wildman–Crippen LogP) is 5.31. The van der Waals surface area contributed by atoms with Crippen molar-refractivity contribution < 1.29 is 15.3 Å². The molecule has 0 aromatic heterocycles. The van der Waals surface area contributed by atoms with Crippen molar-refractivity contribution in [1.29, 1.82) is 0 Å². The van der Waals surface area contributed by atoms with Gasteiger partial charge in [0.1, 0.15) is 0 Å². The third-order valence-electron chi connectivity index (χ3n) is 7.89. The van der Waals surface area contributed by atoms with E-state index in [1.165, 1.54) is 31.3 Å². The molecule has 1 fully saturated rings. The van der Waals surface area contributed by atoms with Gasteiger partial charge in [0.15, 0.2) is 0 Å². The second-order valence-electron chi connectivity index (χ2n) is 10.9. The van der Waals surface area contributed by atoms with Crippen LogP contribution in [0.15, 0.2) is 35.5 Å². The van der Waals surface area contributed by atoms with Crippen LogP contribution in [0.1, 0.15) is 85.5 Å². The first-order chi connectivity index (χ1) is 13.6. The van der Waals surface area contributed by atoms with Crippen LogP contribution in [0.4, 0.5) is 0 Å². The van der Waals surface area contributed by atoms with Gasteiger partial charge < -0.3 is 15.3 Å². The molecule has 0 aromatic carbocycles.